The van der Waals surface area contributed by atoms with Crippen molar-refractivity contribution in [3.8, 4) is 0 Å². The van der Waals surface area contributed by atoms with Gasteiger partial charge in [0.2, 0.25) is 0 Å². The van der Waals surface area contributed by atoms with E-state index in [0.717, 1.165) is 30.8 Å². The van der Waals surface area contributed by atoms with Crippen LogP contribution in [0.2, 0.25) is 0 Å². The highest BCUT2D eigenvalue weighted by molar-refractivity contribution is 5.29. The molecule has 2 bridgehead atoms. The van der Waals surface area contributed by atoms with Gasteiger partial charge in [0.15, 0.2) is 0 Å². The highest BCUT2D eigenvalue weighted by Crippen LogP contribution is 2.42. The highest BCUT2D eigenvalue weighted by Gasteiger charge is 2.34. The van der Waals surface area contributed by atoms with Crippen LogP contribution in [0.1, 0.15) is 24.0 Å². The van der Waals surface area contributed by atoms with Gasteiger partial charge in [-0.05, 0) is 54.7 Å². The topological polar surface area (TPSA) is 15.3 Å². The Labute approximate surface area is 128 Å². The summed E-state index contributed by atoms with van der Waals surface area (Å²) < 4.78 is 0. The van der Waals surface area contributed by atoms with Crippen molar-refractivity contribution in [3.63, 3.8) is 0 Å². The van der Waals surface area contributed by atoms with Crippen LogP contribution in [0.25, 0.3) is 0 Å². The van der Waals surface area contributed by atoms with Crippen LogP contribution in [0, 0.1) is 17.8 Å². The first kappa shape index (κ1) is 13.5. The summed E-state index contributed by atoms with van der Waals surface area (Å²) in [6.07, 6.45) is 8.96. The summed E-state index contributed by atoms with van der Waals surface area (Å²) in [6.45, 7) is 5.89. The minimum absolute atomic E-state index is 0.879. The summed E-state index contributed by atoms with van der Waals surface area (Å²) in [5, 5.41) is 3.71. The third kappa shape index (κ3) is 2.93. The number of rotatable bonds is 5. The molecule has 0 aromatic heterocycles. The van der Waals surface area contributed by atoms with E-state index in [1.807, 2.05) is 0 Å². The molecule has 2 nitrogen and oxygen atoms in total. The average Bonchev–Trinajstić information content (AvgIpc) is 3.14. The molecule has 112 valence electrons. The van der Waals surface area contributed by atoms with Gasteiger partial charge < -0.3 is 5.32 Å². The Morgan fingerprint density at radius 1 is 1.10 bits per heavy atom. The minimum atomic E-state index is 0.879. The quantitative estimate of drug-likeness (QED) is 0.660. The fourth-order valence-corrected chi connectivity index (χ4v) is 4.40. The summed E-state index contributed by atoms with van der Waals surface area (Å²) in [5.41, 5.74) is 3.08. The van der Waals surface area contributed by atoms with Crippen LogP contribution in [0.15, 0.2) is 36.4 Å². The van der Waals surface area contributed by atoms with E-state index in [1.165, 1.54) is 44.5 Å². The Kier molecular flexibility index (Phi) is 3.83. The summed E-state index contributed by atoms with van der Waals surface area (Å²) in [7, 11) is 0. The van der Waals surface area contributed by atoms with Crippen molar-refractivity contribution in [3.05, 3.63) is 47.5 Å². The van der Waals surface area contributed by atoms with Crippen LogP contribution in [-0.4, -0.2) is 31.1 Å². The zero-order valence-corrected chi connectivity index (χ0v) is 12.8. The molecule has 3 aliphatic rings. The smallest absolute Gasteiger partial charge is 0.0237 e. The van der Waals surface area contributed by atoms with Crippen molar-refractivity contribution in [1.82, 2.24) is 10.2 Å². The van der Waals surface area contributed by atoms with Crippen molar-refractivity contribution in [2.75, 3.05) is 26.2 Å². The molecule has 0 spiro atoms. The lowest BCUT2D eigenvalue weighted by atomic mass is 9.94. The monoisotopic (exact) mass is 282 g/mol. The predicted molar refractivity (Wildman–Crippen MR) is 87.1 cm³/mol. The minimum Gasteiger partial charge on any atom is -0.315 e. The second-order valence-corrected chi connectivity index (χ2v) is 7.04. The third-order valence-electron chi connectivity index (χ3n) is 5.64. The number of benzene rings is 1. The van der Waals surface area contributed by atoms with E-state index in [4.69, 9.17) is 0 Å². The van der Waals surface area contributed by atoms with Crippen LogP contribution >= 0.6 is 0 Å². The van der Waals surface area contributed by atoms with Gasteiger partial charge in [0, 0.05) is 26.2 Å². The second kappa shape index (κ2) is 5.94. The number of nitrogens with one attached hydrogen (secondary N) is 1. The molecule has 0 saturated heterocycles. The number of allylic oxidation sites excluding steroid dienone is 2. The number of fused-ring (bicyclic) bond motifs is 3. The van der Waals surface area contributed by atoms with E-state index < -0.39 is 0 Å². The largest absolute Gasteiger partial charge is 0.315 e. The lowest BCUT2D eigenvalue weighted by Crippen LogP contribution is -2.37. The molecular weight excluding hydrogens is 256 g/mol. The summed E-state index contributed by atoms with van der Waals surface area (Å²) in [5.74, 6) is 2.69. The number of hydrogen-bond donors (Lipinski definition) is 1. The molecule has 1 fully saturated rings. The maximum absolute atomic E-state index is 3.71. The van der Waals surface area contributed by atoms with Crippen molar-refractivity contribution < 1.29 is 0 Å². The van der Waals surface area contributed by atoms with E-state index >= 15 is 0 Å². The van der Waals surface area contributed by atoms with Crippen molar-refractivity contribution in [2.45, 2.75) is 25.8 Å². The summed E-state index contributed by atoms with van der Waals surface area (Å²) >= 11 is 0. The lowest BCUT2D eigenvalue weighted by molar-refractivity contribution is 0.250. The number of nitrogens with zero attached hydrogens (tertiary/aromatic N) is 1. The SMILES string of the molecule is C1=CC2CC1CC2CNCCN1CCc2ccccc2C1. The Morgan fingerprint density at radius 2 is 2.00 bits per heavy atom. The maximum Gasteiger partial charge on any atom is 0.0237 e. The molecule has 2 aliphatic carbocycles. The van der Waals surface area contributed by atoms with E-state index in [1.54, 1.807) is 5.56 Å². The second-order valence-electron chi connectivity index (χ2n) is 7.04. The third-order valence-corrected chi connectivity index (χ3v) is 5.64. The van der Waals surface area contributed by atoms with Crippen molar-refractivity contribution in [1.29, 1.82) is 0 Å². The molecule has 1 heterocycles. The zero-order valence-electron chi connectivity index (χ0n) is 12.8. The van der Waals surface area contributed by atoms with Gasteiger partial charge in [-0.2, -0.15) is 0 Å². The van der Waals surface area contributed by atoms with E-state index in [9.17, 15) is 0 Å². The summed E-state index contributed by atoms with van der Waals surface area (Å²) in [6, 6.07) is 8.91. The van der Waals surface area contributed by atoms with Crippen LogP contribution in [0.3, 0.4) is 0 Å². The van der Waals surface area contributed by atoms with Crippen LogP contribution in [0.5, 0.6) is 0 Å². The molecular formula is C19H26N2. The van der Waals surface area contributed by atoms with Gasteiger partial charge >= 0.3 is 0 Å². The van der Waals surface area contributed by atoms with Gasteiger partial charge in [-0.15, -0.1) is 0 Å². The highest BCUT2D eigenvalue weighted by atomic mass is 15.1. The molecule has 4 rings (SSSR count). The lowest BCUT2D eigenvalue weighted by Gasteiger charge is -2.29. The molecule has 1 aliphatic heterocycles. The van der Waals surface area contributed by atoms with E-state index in [-0.39, 0.29) is 0 Å². The van der Waals surface area contributed by atoms with Crippen LogP contribution < -0.4 is 5.32 Å². The molecule has 3 unspecified atom stereocenters. The van der Waals surface area contributed by atoms with Crippen LogP contribution in [-0.2, 0) is 13.0 Å². The molecule has 0 radical (unpaired) electrons. The first-order chi connectivity index (χ1) is 10.4. The van der Waals surface area contributed by atoms with Crippen molar-refractivity contribution >= 4 is 0 Å². The van der Waals surface area contributed by atoms with E-state index in [0.29, 0.717) is 0 Å². The normalized spacial score (nSPS) is 30.8. The van der Waals surface area contributed by atoms with Gasteiger partial charge in [0.05, 0.1) is 0 Å². The Bertz CT molecular complexity index is 522. The first-order valence-corrected chi connectivity index (χ1v) is 8.56. The predicted octanol–water partition coefficient (Wildman–Crippen LogP) is 2.85. The average molecular weight is 282 g/mol. The molecule has 21 heavy (non-hydrogen) atoms. The van der Waals surface area contributed by atoms with Gasteiger partial charge in [-0.1, -0.05) is 36.4 Å². The van der Waals surface area contributed by atoms with E-state index in [2.05, 4.69) is 46.6 Å². The Balaban J connectivity index is 1.19. The van der Waals surface area contributed by atoms with Crippen molar-refractivity contribution in [2.24, 2.45) is 17.8 Å². The van der Waals surface area contributed by atoms with Crippen LogP contribution in [0.4, 0.5) is 0 Å². The molecule has 3 atom stereocenters. The molecule has 0 amide bonds. The molecule has 1 aromatic rings. The van der Waals surface area contributed by atoms with Gasteiger partial charge in [-0.25, -0.2) is 0 Å². The molecule has 2 heteroatoms. The Morgan fingerprint density at radius 3 is 2.81 bits per heavy atom. The summed E-state index contributed by atoms with van der Waals surface area (Å²) in [4.78, 5) is 2.59. The van der Waals surface area contributed by atoms with Gasteiger partial charge in [0.25, 0.3) is 0 Å². The first-order valence-electron chi connectivity index (χ1n) is 8.56. The molecule has 1 saturated carbocycles. The Hall–Kier alpha value is -1.12. The molecule has 1 aromatic carbocycles. The number of hydrogen-bond acceptors (Lipinski definition) is 2. The fraction of sp³-hybridized carbons (Fsp3) is 0.579. The van der Waals surface area contributed by atoms with Gasteiger partial charge in [-0.3, -0.25) is 4.90 Å². The van der Waals surface area contributed by atoms with Gasteiger partial charge in [0.1, 0.15) is 0 Å². The zero-order chi connectivity index (χ0) is 14.1. The molecule has 1 N–H and O–H groups in total. The maximum atomic E-state index is 3.71. The fourth-order valence-electron chi connectivity index (χ4n) is 4.40. The standard InChI is InChI=1S/C19H26N2/c1-2-4-18-14-21(9-7-16(18)3-1)10-8-20-13-19-12-15-5-6-17(19)11-15/h1-6,15,17,19-20H,7-14H2.